The molecular formula is C33H37ClN4O6S. The highest BCUT2D eigenvalue weighted by Gasteiger charge is 2.34. The van der Waals surface area contributed by atoms with Gasteiger partial charge in [0.05, 0.1) is 41.7 Å². The molecule has 0 spiro atoms. The zero-order valence-electron chi connectivity index (χ0n) is 25.9. The molecule has 0 N–H and O–H groups in total. The van der Waals surface area contributed by atoms with Crippen LogP contribution in [0.4, 0.5) is 0 Å². The van der Waals surface area contributed by atoms with Crippen LogP contribution in [0.15, 0.2) is 63.5 Å². The van der Waals surface area contributed by atoms with Crippen molar-refractivity contribution in [1.29, 1.82) is 0 Å². The third-order valence-electron chi connectivity index (χ3n) is 7.77. The average molecular weight is 653 g/mol. The summed E-state index contributed by atoms with van der Waals surface area (Å²) in [4.78, 5) is 49.1. The number of halogens is 1. The number of carbonyl (C=O) groups excluding carboxylic acids is 2. The molecule has 0 saturated carbocycles. The Labute approximate surface area is 270 Å². The third kappa shape index (κ3) is 7.00. The van der Waals surface area contributed by atoms with Gasteiger partial charge < -0.3 is 24.0 Å². The van der Waals surface area contributed by atoms with Gasteiger partial charge in [0.1, 0.15) is 0 Å². The van der Waals surface area contributed by atoms with Crippen molar-refractivity contribution in [3.8, 4) is 11.5 Å². The van der Waals surface area contributed by atoms with Gasteiger partial charge in [-0.3, -0.25) is 19.0 Å². The number of hydrogen-bond donors (Lipinski definition) is 0. The largest absolute Gasteiger partial charge is 0.490 e. The van der Waals surface area contributed by atoms with Gasteiger partial charge in [0.2, 0.25) is 0 Å². The van der Waals surface area contributed by atoms with Crippen molar-refractivity contribution < 1.29 is 23.8 Å². The summed E-state index contributed by atoms with van der Waals surface area (Å²) in [5.41, 5.74) is 2.26. The van der Waals surface area contributed by atoms with Crippen LogP contribution in [0.2, 0.25) is 5.02 Å². The Morgan fingerprint density at radius 1 is 1.07 bits per heavy atom. The Hall–Kier alpha value is -3.93. The van der Waals surface area contributed by atoms with Gasteiger partial charge in [-0.1, -0.05) is 41.1 Å². The van der Waals surface area contributed by atoms with E-state index >= 15 is 0 Å². The molecular weight excluding hydrogens is 616 g/mol. The minimum Gasteiger partial charge on any atom is -0.490 e. The molecule has 0 aliphatic carbocycles. The number of nitrogens with zero attached hydrogens (tertiary/aromatic N) is 4. The quantitative estimate of drug-likeness (QED) is 0.333. The van der Waals surface area contributed by atoms with Gasteiger partial charge in [-0.05, 0) is 69.2 Å². The highest BCUT2D eigenvalue weighted by molar-refractivity contribution is 7.07. The predicted octanol–water partition coefficient (Wildman–Crippen LogP) is 3.39. The molecule has 2 aliphatic heterocycles. The van der Waals surface area contributed by atoms with Crippen molar-refractivity contribution >= 4 is 40.8 Å². The number of allylic oxidation sites excluding steroid dienone is 1. The molecule has 1 atom stereocenters. The second-order valence-corrected chi connectivity index (χ2v) is 12.0. The Morgan fingerprint density at radius 2 is 1.78 bits per heavy atom. The summed E-state index contributed by atoms with van der Waals surface area (Å²) in [6.45, 7) is 11.0. The zero-order chi connectivity index (χ0) is 32.1. The molecule has 10 nitrogen and oxygen atoms in total. The molecule has 238 valence electrons. The van der Waals surface area contributed by atoms with Gasteiger partial charge in [-0.25, -0.2) is 4.99 Å². The van der Waals surface area contributed by atoms with Crippen LogP contribution in [0.3, 0.4) is 0 Å². The monoisotopic (exact) mass is 652 g/mol. The van der Waals surface area contributed by atoms with Crippen LogP contribution < -0.4 is 24.4 Å². The Bertz CT molecular complexity index is 1770. The van der Waals surface area contributed by atoms with E-state index in [0.717, 1.165) is 5.56 Å². The van der Waals surface area contributed by atoms with E-state index in [0.29, 0.717) is 88.7 Å². The number of amides is 2. The molecule has 2 aliphatic rings. The first kappa shape index (κ1) is 32.5. The number of morpholine rings is 1. The van der Waals surface area contributed by atoms with Crippen molar-refractivity contribution in [2.75, 3.05) is 52.6 Å². The summed E-state index contributed by atoms with van der Waals surface area (Å²) in [6.07, 6.45) is 1.78. The van der Waals surface area contributed by atoms with Gasteiger partial charge in [-0.15, -0.1) is 0 Å². The molecule has 3 aromatic rings. The van der Waals surface area contributed by atoms with E-state index in [-0.39, 0.29) is 24.0 Å². The fourth-order valence-electron chi connectivity index (χ4n) is 5.43. The van der Waals surface area contributed by atoms with Crippen LogP contribution in [0.1, 0.15) is 44.9 Å². The molecule has 5 rings (SSSR count). The molecule has 2 amide bonds. The first-order valence-electron chi connectivity index (χ1n) is 15.1. The summed E-state index contributed by atoms with van der Waals surface area (Å²) in [5, 5.41) is 0.562. The summed E-state index contributed by atoms with van der Waals surface area (Å²) in [5.74, 6) is 0.639. The first-order chi connectivity index (χ1) is 21.7. The van der Waals surface area contributed by atoms with E-state index in [1.165, 1.54) is 11.3 Å². The standard InChI is InChI=1S/C33H37ClN4O6S/c1-5-36(6-2)32(41)29-21(4)35-33-38(30(29)23-9-11-24(34)12-10-23)31(40)27(45-33)19-22-8-13-25(26(18-22)43-7-3)44-20-28(39)37-14-16-42-17-15-37/h8-13,18-19,30H,5-7,14-17,20H2,1-4H3/b27-19-/t30-/m1/s1. The number of aromatic nitrogens is 1. The average Bonchev–Trinajstić information content (AvgIpc) is 3.35. The van der Waals surface area contributed by atoms with E-state index in [1.54, 1.807) is 44.7 Å². The van der Waals surface area contributed by atoms with Crippen LogP contribution in [-0.2, 0) is 14.3 Å². The summed E-state index contributed by atoms with van der Waals surface area (Å²) < 4.78 is 19.1. The van der Waals surface area contributed by atoms with E-state index in [9.17, 15) is 14.4 Å². The van der Waals surface area contributed by atoms with E-state index in [2.05, 4.69) is 0 Å². The summed E-state index contributed by atoms with van der Waals surface area (Å²) in [6, 6.07) is 11.9. The zero-order valence-corrected chi connectivity index (χ0v) is 27.4. The van der Waals surface area contributed by atoms with Gasteiger partial charge in [-0.2, -0.15) is 0 Å². The van der Waals surface area contributed by atoms with Crippen molar-refractivity contribution in [2.45, 2.75) is 33.7 Å². The van der Waals surface area contributed by atoms with Crippen LogP contribution in [-0.4, -0.2) is 78.8 Å². The molecule has 0 radical (unpaired) electrons. The number of rotatable bonds is 10. The predicted molar refractivity (Wildman–Crippen MR) is 174 cm³/mol. The van der Waals surface area contributed by atoms with E-state index in [4.69, 9.17) is 30.8 Å². The maximum absolute atomic E-state index is 14.1. The fourth-order valence-corrected chi connectivity index (χ4v) is 6.61. The second-order valence-electron chi connectivity index (χ2n) is 10.5. The van der Waals surface area contributed by atoms with Crippen LogP contribution in [0, 0.1) is 0 Å². The summed E-state index contributed by atoms with van der Waals surface area (Å²) >= 11 is 7.46. The van der Waals surface area contributed by atoms with Gasteiger partial charge in [0.15, 0.2) is 22.9 Å². The SMILES string of the molecule is CCOc1cc(/C=c2\sc3n(c2=O)[C@H](c2ccc(Cl)cc2)C(C(=O)N(CC)CC)=C(C)N=3)ccc1OCC(=O)N1CCOCC1. The number of carbonyl (C=O) groups is 2. The maximum atomic E-state index is 14.1. The molecule has 3 heterocycles. The molecule has 12 heteroatoms. The van der Waals surface area contributed by atoms with Crippen LogP contribution in [0.25, 0.3) is 6.08 Å². The van der Waals surface area contributed by atoms with Crippen LogP contribution >= 0.6 is 22.9 Å². The fraction of sp³-hybridized carbons (Fsp3) is 0.394. The van der Waals surface area contributed by atoms with Crippen molar-refractivity contribution in [3.05, 3.63) is 89.6 Å². The topological polar surface area (TPSA) is 103 Å². The molecule has 45 heavy (non-hydrogen) atoms. The number of hydrogen-bond acceptors (Lipinski definition) is 8. The normalized spacial score (nSPS) is 16.7. The van der Waals surface area contributed by atoms with E-state index < -0.39 is 6.04 Å². The van der Waals surface area contributed by atoms with Gasteiger partial charge in [0, 0.05) is 31.2 Å². The smallest absolute Gasteiger partial charge is 0.271 e. The van der Waals surface area contributed by atoms with Crippen molar-refractivity contribution in [3.63, 3.8) is 0 Å². The van der Waals surface area contributed by atoms with Gasteiger partial charge >= 0.3 is 0 Å². The number of ether oxygens (including phenoxy) is 3. The second kappa shape index (κ2) is 14.4. The lowest BCUT2D eigenvalue weighted by Crippen LogP contribution is -2.43. The molecule has 1 aromatic heterocycles. The maximum Gasteiger partial charge on any atom is 0.271 e. The number of fused-ring (bicyclic) bond motifs is 1. The molecule has 0 bridgehead atoms. The molecule has 0 unspecified atom stereocenters. The van der Waals surface area contributed by atoms with Crippen molar-refractivity contribution in [1.82, 2.24) is 14.4 Å². The lowest BCUT2D eigenvalue weighted by Gasteiger charge is -2.29. The lowest BCUT2D eigenvalue weighted by atomic mass is 9.94. The molecule has 1 fully saturated rings. The van der Waals surface area contributed by atoms with Gasteiger partial charge in [0.25, 0.3) is 17.4 Å². The highest BCUT2D eigenvalue weighted by atomic mass is 35.5. The summed E-state index contributed by atoms with van der Waals surface area (Å²) in [7, 11) is 0. The molecule has 1 saturated heterocycles. The number of likely N-dealkylation sites (N-methyl/N-ethyl adjacent to an activating group) is 1. The van der Waals surface area contributed by atoms with Crippen molar-refractivity contribution in [2.24, 2.45) is 4.99 Å². The minimum atomic E-state index is -0.660. The molecule has 2 aromatic carbocycles. The first-order valence-corrected chi connectivity index (χ1v) is 16.3. The Balaban J connectivity index is 1.52. The number of thiazole rings is 1. The lowest BCUT2D eigenvalue weighted by molar-refractivity contribution is -0.137. The van der Waals surface area contributed by atoms with E-state index in [1.807, 2.05) is 45.9 Å². The Kier molecular flexibility index (Phi) is 10.4. The highest BCUT2D eigenvalue weighted by Crippen LogP contribution is 2.32. The van der Waals surface area contributed by atoms with Crippen LogP contribution in [0.5, 0.6) is 11.5 Å². The Morgan fingerprint density at radius 3 is 2.44 bits per heavy atom. The third-order valence-corrected chi connectivity index (χ3v) is 9.00. The minimum absolute atomic E-state index is 0.114. The number of benzene rings is 2.